The molecule has 0 saturated heterocycles. The lowest BCUT2D eigenvalue weighted by molar-refractivity contribution is 0.0693. The fraction of sp³-hybridized carbons (Fsp3) is 0.125. The van der Waals surface area contributed by atoms with Gasteiger partial charge in [-0.3, -0.25) is 19.2 Å². The first kappa shape index (κ1) is 16.1. The lowest BCUT2D eigenvalue weighted by atomic mass is 10.1. The molecule has 24 heavy (non-hydrogen) atoms. The highest BCUT2D eigenvalue weighted by molar-refractivity contribution is 7.91. The zero-order valence-electron chi connectivity index (χ0n) is 12.6. The molecule has 0 aromatic heterocycles. The van der Waals surface area contributed by atoms with Gasteiger partial charge in [0.15, 0.2) is 0 Å². The van der Waals surface area contributed by atoms with Crippen LogP contribution in [-0.4, -0.2) is 32.2 Å². The van der Waals surface area contributed by atoms with Gasteiger partial charge < -0.3 is 0 Å². The zero-order chi connectivity index (χ0) is 17.5. The molecule has 124 valence electrons. The minimum atomic E-state index is -3.83. The number of sulfonamides is 1. The fourth-order valence-electron chi connectivity index (χ4n) is 2.49. The molecule has 2 amide bonds. The van der Waals surface area contributed by atoms with Crippen LogP contribution in [0.1, 0.15) is 26.3 Å². The second kappa shape index (κ2) is 5.72. The van der Waals surface area contributed by atoms with Gasteiger partial charge in [-0.05, 0) is 29.8 Å². The summed E-state index contributed by atoms with van der Waals surface area (Å²) in [5, 5.41) is 0. The van der Waals surface area contributed by atoms with Crippen LogP contribution in [0.25, 0.3) is 0 Å². The molecule has 2 aromatic carbocycles. The first-order valence-corrected chi connectivity index (χ1v) is 8.64. The third kappa shape index (κ3) is 2.88. The van der Waals surface area contributed by atoms with Gasteiger partial charge in [0.1, 0.15) is 5.82 Å². The summed E-state index contributed by atoms with van der Waals surface area (Å²) in [5.41, 5.74) is 0.644. The number of hydrogen-bond donors (Lipinski definition) is 1. The van der Waals surface area contributed by atoms with E-state index in [0.717, 1.165) is 4.90 Å². The van der Waals surface area contributed by atoms with Gasteiger partial charge in [0, 0.05) is 7.05 Å². The van der Waals surface area contributed by atoms with E-state index in [4.69, 9.17) is 0 Å². The standard InChI is InChI=1S/C16H13FN2O4S/c1-19-15(20)12-3-2-4-13(14(12)16(19)21)18-24(22,23)9-10-5-7-11(17)8-6-10/h2-8,18H,9H2,1H3. The highest BCUT2D eigenvalue weighted by atomic mass is 32.2. The second-order valence-corrected chi connectivity index (χ2v) is 7.11. The molecule has 1 heterocycles. The number of halogens is 1. The number of hydrogen-bond acceptors (Lipinski definition) is 4. The number of nitrogens with zero attached hydrogens (tertiary/aromatic N) is 1. The van der Waals surface area contributed by atoms with Crippen LogP contribution >= 0.6 is 0 Å². The molecule has 0 bridgehead atoms. The monoisotopic (exact) mass is 348 g/mol. The molecule has 1 N–H and O–H groups in total. The molecule has 1 aliphatic heterocycles. The second-order valence-electron chi connectivity index (χ2n) is 5.39. The van der Waals surface area contributed by atoms with Gasteiger partial charge in [-0.2, -0.15) is 0 Å². The molecule has 0 atom stereocenters. The molecule has 0 radical (unpaired) electrons. The molecule has 3 rings (SSSR count). The van der Waals surface area contributed by atoms with E-state index < -0.39 is 27.7 Å². The lowest BCUT2D eigenvalue weighted by Gasteiger charge is -2.11. The van der Waals surface area contributed by atoms with Crippen LogP contribution in [0.5, 0.6) is 0 Å². The molecule has 1 aliphatic rings. The highest BCUT2D eigenvalue weighted by Gasteiger charge is 2.35. The summed E-state index contributed by atoms with van der Waals surface area (Å²) in [5.74, 6) is -1.88. The maximum atomic E-state index is 12.9. The van der Waals surface area contributed by atoms with Gasteiger partial charge in [0.2, 0.25) is 10.0 Å². The third-order valence-corrected chi connectivity index (χ3v) is 4.90. The van der Waals surface area contributed by atoms with Gasteiger partial charge in [-0.1, -0.05) is 18.2 Å². The Balaban J connectivity index is 1.91. The molecule has 0 unspecified atom stereocenters. The van der Waals surface area contributed by atoms with Gasteiger partial charge in [0.05, 0.1) is 22.6 Å². The molecule has 0 fully saturated rings. The molecular weight excluding hydrogens is 335 g/mol. The van der Waals surface area contributed by atoms with Crippen LogP contribution in [-0.2, 0) is 15.8 Å². The minimum Gasteiger partial charge on any atom is -0.282 e. The van der Waals surface area contributed by atoms with Crippen molar-refractivity contribution in [3.63, 3.8) is 0 Å². The maximum absolute atomic E-state index is 12.9. The van der Waals surface area contributed by atoms with E-state index in [0.29, 0.717) is 5.56 Å². The first-order valence-electron chi connectivity index (χ1n) is 6.99. The van der Waals surface area contributed by atoms with E-state index in [9.17, 15) is 22.4 Å². The number of anilines is 1. The van der Waals surface area contributed by atoms with Crippen molar-refractivity contribution in [2.75, 3.05) is 11.8 Å². The van der Waals surface area contributed by atoms with Crippen molar-refractivity contribution in [3.8, 4) is 0 Å². The molecular formula is C16H13FN2O4S. The van der Waals surface area contributed by atoms with Crippen molar-refractivity contribution in [2.24, 2.45) is 0 Å². The van der Waals surface area contributed by atoms with Crippen molar-refractivity contribution in [3.05, 3.63) is 65.0 Å². The summed E-state index contributed by atoms with van der Waals surface area (Å²) in [6.45, 7) is 0. The van der Waals surface area contributed by atoms with E-state index in [2.05, 4.69) is 4.72 Å². The van der Waals surface area contributed by atoms with Crippen molar-refractivity contribution >= 4 is 27.5 Å². The van der Waals surface area contributed by atoms with Crippen molar-refractivity contribution in [2.45, 2.75) is 5.75 Å². The smallest absolute Gasteiger partial charge is 0.263 e. The molecule has 0 aliphatic carbocycles. The highest BCUT2D eigenvalue weighted by Crippen LogP contribution is 2.29. The average Bonchev–Trinajstić information content (AvgIpc) is 2.75. The topological polar surface area (TPSA) is 83.6 Å². The summed E-state index contributed by atoms with van der Waals surface area (Å²) in [7, 11) is -2.50. The van der Waals surface area contributed by atoms with Crippen molar-refractivity contribution < 1.29 is 22.4 Å². The predicted molar refractivity (Wildman–Crippen MR) is 85.5 cm³/mol. The van der Waals surface area contributed by atoms with E-state index in [1.54, 1.807) is 0 Å². The summed E-state index contributed by atoms with van der Waals surface area (Å²) < 4.78 is 39.8. The number of imide groups is 1. The number of carbonyl (C=O) groups excluding carboxylic acids is 2. The third-order valence-electron chi connectivity index (χ3n) is 3.65. The summed E-state index contributed by atoms with van der Waals surface area (Å²) in [6.07, 6.45) is 0. The Morgan fingerprint density at radius 2 is 1.71 bits per heavy atom. The summed E-state index contributed by atoms with van der Waals surface area (Å²) >= 11 is 0. The van der Waals surface area contributed by atoms with Crippen LogP contribution in [0.4, 0.5) is 10.1 Å². The number of fused-ring (bicyclic) bond motifs is 1. The van der Waals surface area contributed by atoms with Gasteiger partial charge in [0.25, 0.3) is 11.8 Å². The molecule has 0 saturated carbocycles. The first-order chi connectivity index (χ1) is 11.3. The van der Waals surface area contributed by atoms with E-state index in [1.807, 2.05) is 0 Å². The largest absolute Gasteiger partial charge is 0.282 e. The van der Waals surface area contributed by atoms with Crippen LogP contribution in [0.3, 0.4) is 0 Å². The minimum absolute atomic E-state index is 0.0349. The Morgan fingerprint density at radius 1 is 1.04 bits per heavy atom. The molecule has 6 nitrogen and oxygen atoms in total. The number of nitrogens with one attached hydrogen (secondary N) is 1. The van der Waals surface area contributed by atoms with Crippen molar-refractivity contribution in [1.29, 1.82) is 0 Å². The number of benzene rings is 2. The SMILES string of the molecule is CN1C(=O)c2cccc(NS(=O)(=O)Cc3ccc(F)cc3)c2C1=O. The summed E-state index contributed by atoms with van der Waals surface area (Å²) in [4.78, 5) is 25.0. The number of amides is 2. The van der Waals surface area contributed by atoms with Gasteiger partial charge >= 0.3 is 0 Å². The van der Waals surface area contributed by atoms with Gasteiger partial charge in [-0.15, -0.1) is 0 Å². The normalized spacial score (nSPS) is 14.0. The Morgan fingerprint density at radius 3 is 2.38 bits per heavy atom. The number of rotatable bonds is 4. The fourth-order valence-corrected chi connectivity index (χ4v) is 3.70. The van der Waals surface area contributed by atoms with Crippen LogP contribution < -0.4 is 4.72 Å². The van der Waals surface area contributed by atoms with Gasteiger partial charge in [-0.25, -0.2) is 12.8 Å². The zero-order valence-corrected chi connectivity index (χ0v) is 13.4. The quantitative estimate of drug-likeness (QED) is 0.857. The Labute approximate surface area is 138 Å². The lowest BCUT2D eigenvalue weighted by Crippen LogP contribution is -2.24. The Bertz CT molecular complexity index is 939. The Kier molecular flexibility index (Phi) is 3.84. The maximum Gasteiger partial charge on any atom is 0.263 e. The van der Waals surface area contributed by atoms with Crippen LogP contribution in [0.15, 0.2) is 42.5 Å². The summed E-state index contributed by atoms with van der Waals surface area (Å²) in [6, 6.07) is 9.46. The molecule has 0 spiro atoms. The molecule has 8 heteroatoms. The molecule has 2 aromatic rings. The van der Waals surface area contributed by atoms with E-state index in [1.165, 1.54) is 49.5 Å². The van der Waals surface area contributed by atoms with Crippen LogP contribution in [0.2, 0.25) is 0 Å². The number of carbonyl (C=O) groups is 2. The van der Waals surface area contributed by atoms with Crippen molar-refractivity contribution in [1.82, 2.24) is 4.90 Å². The predicted octanol–water partition coefficient (Wildman–Crippen LogP) is 1.99. The van der Waals surface area contributed by atoms with E-state index >= 15 is 0 Å². The van der Waals surface area contributed by atoms with E-state index in [-0.39, 0.29) is 22.6 Å². The average molecular weight is 348 g/mol. The Hall–Kier alpha value is -2.74. The van der Waals surface area contributed by atoms with Crippen LogP contribution in [0, 0.1) is 5.82 Å².